The molecule has 2 aromatic carbocycles. The van der Waals surface area contributed by atoms with Crippen LogP contribution in [0.5, 0.6) is 5.75 Å². The van der Waals surface area contributed by atoms with Crippen molar-refractivity contribution in [3.8, 4) is 5.75 Å². The first kappa shape index (κ1) is 19.4. The quantitative estimate of drug-likeness (QED) is 0.687. The van der Waals surface area contributed by atoms with Gasteiger partial charge in [-0.05, 0) is 31.5 Å². The molecule has 0 radical (unpaired) electrons. The number of esters is 1. The maximum Gasteiger partial charge on any atom is 0.315 e. The number of halogens is 1. The molecular weight excluding hydrogens is 390 g/mol. The number of rotatable bonds is 4. The minimum atomic E-state index is -0.698. The van der Waals surface area contributed by atoms with Gasteiger partial charge in [0.25, 0.3) is 0 Å². The van der Waals surface area contributed by atoms with Gasteiger partial charge in [0.05, 0.1) is 24.4 Å². The second kappa shape index (κ2) is 7.48. The number of hydrogen-bond donors (Lipinski definition) is 0. The SMILES string of the molecule is CCOC(=O)C1C(C)=NC2=C(C(=O)c3ccccc32)[C@@H]1c1ccc(OC)c(Cl)c1. The number of aliphatic imine (C=N–C) groups is 1. The van der Waals surface area contributed by atoms with E-state index in [1.54, 1.807) is 32.0 Å². The van der Waals surface area contributed by atoms with Gasteiger partial charge in [0.2, 0.25) is 0 Å². The summed E-state index contributed by atoms with van der Waals surface area (Å²) in [5.41, 5.74) is 3.89. The van der Waals surface area contributed by atoms with E-state index in [0.717, 1.165) is 11.1 Å². The van der Waals surface area contributed by atoms with E-state index in [0.29, 0.717) is 33.3 Å². The average Bonchev–Trinajstić information content (AvgIpc) is 2.99. The fourth-order valence-electron chi connectivity index (χ4n) is 4.12. The van der Waals surface area contributed by atoms with Crippen molar-refractivity contribution in [1.82, 2.24) is 0 Å². The van der Waals surface area contributed by atoms with Gasteiger partial charge in [-0.3, -0.25) is 14.6 Å². The number of allylic oxidation sites excluding steroid dienone is 1. The lowest BCUT2D eigenvalue weighted by Crippen LogP contribution is -2.35. The number of fused-ring (bicyclic) bond motifs is 2. The van der Waals surface area contributed by atoms with Crippen molar-refractivity contribution in [3.63, 3.8) is 0 Å². The maximum atomic E-state index is 13.3. The molecule has 2 aromatic rings. The Hall–Kier alpha value is -2.92. The molecule has 0 bridgehead atoms. The van der Waals surface area contributed by atoms with Crippen LogP contribution in [0.25, 0.3) is 5.70 Å². The fraction of sp³-hybridized carbons (Fsp3) is 0.261. The van der Waals surface area contributed by atoms with E-state index in [1.807, 2.05) is 24.3 Å². The first-order chi connectivity index (χ1) is 14.0. The monoisotopic (exact) mass is 409 g/mol. The average molecular weight is 410 g/mol. The van der Waals surface area contributed by atoms with Crippen LogP contribution < -0.4 is 4.74 Å². The Kier molecular flexibility index (Phi) is 5.01. The molecule has 1 aliphatic carbocycles. The van der Waals surface area contributed by atoms with Crippen molar-refractivity contribution in [2.75, 3.05) is 13.7 Å². The molecule has 2 atom stereocenters. The molecule has 2 aliphatic rings. The van der Waals surface area contributed by atoms with Gasteiger partial charge in [-0.15, -0.1) is 0 Å². The highest BCUT2D eigenvalue weighted by atomic mass is 35.5. The number of ketones is 1. The number of methoxy groups -OCH3 is 1. The van der Waals surface area contributed by atoms with Crippen LogP contribution in [0, 0.1) is 5.92 Å². The Morgan fingerprint density at radius 3 is 2.55 bits per heavy atom. The first-order valence-electron chi connectivity index (χ1n) is 9.41. The lowest BCUT2D eigenvalue weighted by Gasteiger charge is -2.30. The van der Waals surface area contributed by atoms with Crippen LogP contribution >= 0.6 is 11.6 Å². The number of Topliss-reactive ketones (excluding diaryl/α,β-unsaturated/α-hetero) is 1. The van der Waals surface area contributed by atoms with Crippen LogP contribution in [0.3, 0.4) is 0 Å². The number of ether oxygens (including phenoxy) is 2. The molecule has 0 saturated carbocycles. The second-order valence-electron chi connectivity index (χ2n) is 6.99. The summed E-state index contributed by atoms with van der Waals surface area (Å²) in [6.07, 6.45) is 0. The Morgan fingerprint density at radius 1 is 1.17 bits per heavy atom. The molecule has 0 saturated heterocycles. The molecule has 148 valence electrons. The van der Waals surface area contributed by atoms with Gasteiger partial charge in [0.1, 0.15) is 11.7 Å². The minimum Gasteiger partial charge on any atom is -0.495 e. The van der Waals surface area contributed by atoms with Crippen LogP contribution in [-0.4, -0.2) is 31.2 Å². The molecule has 0 N–H and O–H groups in total. The van der Waals surface area contributed by atoms with Crippen LogP contribution in [0.15, 0.2) is 53.0 Å². The normalized spacial score (nSPS) is 20.1. The van der Waals surface area contributed by atoms with E-state index in [9.17, 15) is 9.59 Å². The molecule has 0 spiro atoms. The molecule has 1 heterocycles. The van der Waals surface area contributed by atoms with Gasteiger partial charge in [-0.1, -0.05) is 41.9 Å². The van der Waals surface area contributed by atoms with Crippen LogP contribution in [0.2, 0.25) is 5.02 Å². The number of carbonyl (C=O) groups is 2. The lowest BCUT2D eigenvalue weighted by atomic mass is 9.75. The Bertz CT molecular complexity index is 1090. The zero-order valence-electron chi connectivity index (χ0n) is 16.4. The molecule has 1 unspecified atom stereocenters. The van der Waals surface area contributed by atoms with Gasteiger partial charge < -0.3 is 9.47 Å². The summed E-state index contributed by atoms with van der Waals surface area (Å²) < 4.78 is 10.6. The Morgan fingerprint density at radius 2 is 1.90 bits per heavy atom. The third-order valence-corrected chi connectivity index (χ3v) is 5.68. The lowest BCUT2D eigenvalue weighted by molar-refractivity contribution is -0.145. The van der Waals surface area contributed by atoms with E-state index < -0.39 is 17.8 Å². The Labute approximate surface area is 174 Å². The molecule has 0 fully saturated rings. The van der Waals surface area contributed by atoms with E-state index >= 15 is 0 Å². The second-order valence-corrected chi connectivity index (χ2v) is 7.40. The molecule has 29 heavy (non-hydrogen) atoms. The van der Waals surface area contributed by atoms with Crippen molar-refractivity contribution in [3.05, 3.63) is 69.8 Å². The molecule has 4 rings (SSSR count). The number of hydrogen-bond acceptors (Lipinski definition) is 5. The molecule has 1 aliphatic heterocycles. The van der Waals surface area contributed by atoms with E-state index in [-0.39, 0.29) is 12.4 Å². The standard InChI is InChI=1S/C23H20ClNO4/c1-4-29-23(27)18-12(2)25-21-14-7-5-6-8-15(14)22(26)20(21)19(18)13-9-10-17(28-3)16(24)11-13/h5-11,18-19H,4H2,1-3H3/t18?,19-/m1/s1. The van der Waals surface area contributed by atoms with Crippen molar-refractivity contribution < 1.29 is 19.1 Å². The van der Waals surface area contributed by atoms with Crippen molar-refractivity contribution in [1.29, 1.82) is 0 Å². The number of benzene rings is 2. The summed E-state index contributed by atoms with van der Waals surface area (Å²) in [6.45, 7) is 3.81. The molecule has 0 aromatic heterocycles. The molecular formula is C23H20ClNO4. The molecule has 5 nitrogen and oxygen atoms in total. The van der Waals surface area contributed by atoms with Gasteiger partial charge in [-0.2, -0.15) is 0 Å². The highest BCUT2D eigenvalue weighted by Crippen LogP contribution is 2.48. The zero-order valence-corrected chi connectivity index (χ0v) is 17.1. The topological polar surface area (TPSA) is 65.0 Å². The first-order valence-corrected chi connectivity index (χ1v) is 9.79. The summed E-state index contributed by atoms with van der Waals surface area (Å²) >= 11 is 6.37. The summed E-state index contributed by atoms with van der Waals surface area (Å²) in [6, 6.07) is 12.7. The van der Waals surface area contributed by atoms with Crippen LogP contribution in [0.1, 0.15) is 41.3 Å². The van der Waals surface area contributed by atoms with Crippen molar-refractivity contribution in [2.24, 2.45) is 10.9 Å². The Balaban J connectivity index is 1.92. The van der Waals surface area contributed by atoms with E-state index in [2.05, 4.69) is 4.99 Å². The zero-order chi connectivity index (χ0) is 20.7. The summed E-state index contributed by atoms with van der Waals surface area (Å²) in [5, 5.41) is 0.415. The van der Waals surface area contributed by atoms with Gasteiger partial charge in [0, 0.05) is 28.3 Å². The summed E-state index contributed by atoms with van der Waals surface area (Å²) in [4.78, 5) is 30.9. The third kappa shape index (κ3) is 3.06. The van der Waals surface area contributed by atoms with E-state index in [1.165, 1.54) is 7.11 Å². The summed E-state index contributed by atoms with van der Waals surface area (Å²) in [5.74, 6) is -1.22. The fourth-order valence-corrected chi connectivity index (χ4v) is 4.39. The molecule has 0 amide bonds. The third-order valence-electron chi connectivity index (χ3n) is 5.38. The number of nitrogens with zero attached hydrogens (tertiary/aromatic N) is 1. The van der Waals surface area contributed by atoms with Crippen LogP contribution in [0.4, 0.5) is 0 Å². The largest absolute Gasteiger partial charge is 0.495 e. The maximum absolute atomic E-state index is 13.3. The van der Waals surface area contributed by atoms with Crippen molar-refractivity contribution >= 4 is 34.8 Å². The summed E-state index contributed by atoms with van der Waals surface area (Å²) in [7, 11) is 1.54. The number of carbonyl (C=O) groups excluding carboxylic acids is 2. The highest BCUT2D eigenvalue weighted by molar-refractivity contribution is 6.32. The van der Waals surface area contributed by atoms with Gasteiger partial charge in [0.15, 0.2) is 5.78 Å². The molecule has 6 heteroatoms. The van der Waals surface area contributed by atoms with Gasteiger partial charge >= 0.3 is 5.97 Å². The smallest absolute Gasteiger partial charge is 0.315 e. The predicted molar refractivity (Wildman–Crippen MR) is 112 cm³/mol. The van der Waals surface area contributed by atoms with Gasteiger partial charge in [-0.25, -0.2) is 0 Å². The van der Waals surface area contributed by atoms with Crippen molar-refractivity contribution in [2.45, 2.75) is 19.8 Å². The predicted octanol–water partition coefficient (Wildman–Crippen LogP) is 4.69. The van der Waals surface area contributed by atoms with E-state index in [4.69, 9.17) is 21.1 Å². The minimum absolute atomic E-state index is 0.113. The van der Waals surface area contributed by atoms with Crippen LogP contribution in [-0.2, 0) is 9.53 Å². The highest BCUT2D eigenvalue weighted by Gasteiger charge is 2.46.